The molecule has 0 unspecified atom stereocenters. The molecule has 0 aliphatic heterocycles. The van der Waals surface area contributed by atoms with Gasteiger partial charge in [0.1, 0.15) is 0 Å². The zero-order valence-corrected chi connectivity index (χ0v) is 11.0. The number of fused-ring (bicyclic) bond motifs is 1. The summed E-state index contributed by atoms with van der Waals surface area (Å²) in [6.45, 7) is 2.17. The Morgan fingerprint density at radius 3 is 2.79 bits per heavy atom. The van der Waals surface area contributed by atoms with Gasteiger partial charge < -0.3 is 0 Å². The molecule has 0 amide bonds. The Bertz CT molecular complexity index is 462. The first-order chi connectivity index (χ1) is 6.77. The number of hydrogen-bond acceptors (Lipinski definition) is 1. The van der Waals surface area contributed by atoms with Crippen LogP contribution in [0.25, 0.3) is 10.1 Å². The lowest BCUT2D eigenvalue weighted by Gasteiger charge is -2.03. The van der Waals surface area contributed by atoms with Crippen LogP contribution in [0.5, 0.6) is 0 Å². The molecular formula is C11H10BrClS. The Morgan fingerprint density at radius 2 is 2.14 bits per heavy atom. The minimum absolute atomic E-state index is 0.589. The highest BCUT2D eigenvalue weighted by Crippen LogP contribution is 2.35. The SMILES string of the molecule is CCc1ccc2scc(CCl)c2c1Br. The lowest BCUT2D eigenvalue weighted by atomic mass is 10.1. The van der Waals surface area contributed by atoms with Gasteiger partial charge >= 0.3 is 0 Å². The maximum absolute atomic E-state index is 5.90. The van der Waals surface area contributed by atoms with E-state index in [0.717, 1.165) is 6.42 Å². The van der Waals surface area contributed by atoms with Crippen molar-refractivity contribution in [1.82, 2.24) is 0 Å². The van der Waals surface area contributed by atoms with Crippen molar-refractivity contribution in [3.63, 3.8) is 0 Å². The van der Waals surface area contributed by atoms with Crippen molar-refractivity contribution in [2.75, 3.05) is 0 Å². The summed E-state index contributed by atoms with van der Waals surface area (Å²) in [6.07, 6.45) is 1.05. The van der Waals surface area contributed by atoms with E-state index in [1.165, 1.54) is 25.7 Å². The molecule has 0 N–H and O–H groups in total. The molecule has 74 valence electrons. The molecule has 0 spiro atoms. The molecule has 1 aromatic carbocycles. The van der Waals surface area contributed by atoms with Gasteiger partial charge in [-0.2, -0.15) is 0 Å². The van der Waals surface area contributed by atoms with Gasteiger partial charge in [-0.05, 0) is 44.9 Å². The molecule has 0 saturated heterocycles. The van der Waals surface area contributed by atoms with Crippen LogP contribution in [0.1, 0.15) is 18.1 Å². The Hall–Kier alpha value is -0.0500. The number of benzene rings is 1. The van der Waals surface area contributed by atoms with Gasteiger partial charge in [0.2, 0.25) is 0 Å². The number of halogens is 2. The predicted molar refractivity (Wildman–Crippen MR) is 68.5 cm³/mol. The van der Waals surface area contributed by atoms with E-state index in [1.54, 1.807) is 11.3 Å². The average Bonchev–Trinajstić information content (AvgIpc) is 2.62. The molecule has 1 heterocycles. The monoisotopic (exact) mass is 288 g/mol. The Balaban J connectivity index is 2.77. The minimum atomic E-state index is 0.589. The van der Waals surface area contributed by atoms with Gasteiger partial charge in [0.25, 0.3) is 0 Å². The lowest BCUT2D eigenvalue weighted by molar-refractivity contribution is 1.13. The maximum Gasteiger partial charge on any atom is 0.0488 e. The predicted octanol–water partition coefficient (Wildman–Crippen LogP) is 4.97. The van der Waals surface area contributed by atoms with E-state index in [2.05, 4.69) is 40.4 Å². The van der Waals surface area contributed by atoms with Crippen molar-refractivity contribution in [1.29, 1.82) is 0 Å². The van der Waals surface area contributed by atoms with Crippen molar-refractivity contribution in [3.05, 3.63) is 33.1 Å². The molecule has 0 nitrogen and oxygen atoms in total. The van der Waals surface area contributed by atoms with Gasteiger partial charge in [-0.1, -0.05) is 13.0 Å². The van der Waals surface area contributed by atoms with E-state index in [4.69, 9.17) is 11.6 Å². The van der Waals surface area contributed by atoms with E-state index >= 15 is 0 Å². The zero-order chi connectivity index (χ0) is 10.1. The molecule has 3 heteroatoms. The molecular weight excluding hydrogens is 280 g/mol. The highest BCUT2D eigenvalue weighted by molar-refractivity contribution is 9.10. The number of hydrogen-bond donors (Lipinski definition) is 0. The number of aryl methyl sites for hydroxylation is 1. The number of rotatable bonds is 2. The summed E-state index contributed by atoms with van der Waals surface area (Å²) in [5.41, 5.74) is 2.58. The summed E-state index contributed by atoms with van der Waals surface area (Å²) in [5.74, 6) is 0.589. The Labute approximate surface area is 101 Å². The molecule has 2 rings (SSSR count). The van der Waals surface area contributed by atoms with Crippen molar-refractivity contribution in [3.8, 4) is 0 Å². The summed E-state index contributed by atoms with van der Waals surface area (Å²) >= 11 is 11.3. The van der Waals surface area contributed by atoms with Crippen molar-refractivity contribution in [2.24, 2.45) is 0 Å². The smallest absolute Gasteiger partial charge is 0.0488 e. The maximum atomic E-state index is 5.90. The van der Waals surface area contributed by atoms with Crippen molar-refractivity contribution in [2.45, 2.75) is 19.2 Å². The van der Waals surface area contributed by atoms with E-state index in [0.29, 0.717) is 5.88 Å². The summed E-state index contributed by atoms with van der Waals surface area (Å²) in [5, 5.41) is 3.44. The van der Waals surface area contributed by atoms with Crippen LogP contribution in [0, 0.1) is 0 Å². The quantitative estimate of drug-likeness (QED) is 0.685. The molecule has 1 aromatic heterocycles. The summed E-state index contributed by atoms with van der Waals surface area (Å²) in [4.78, 5) is 0. The molecule has 0 fully saturated rings. The fourth-order valence-corrected chi connectivity index (χ4v) is 3.85. The molecule has 0 saturated carbocycles. The fourth-order valence-electron chi connectivity index (χ4n) is 1.56. The molecule has 0 aliphatic carbocycles. The number of thiophene rings is 1. The average molecular weight is 290 g/mol. The zero-order valence-electron chi connectivity index (χ0n) is 7.81. The van der Waals surface area contributed by atoms with Gasteiger partial charge in [0.05, 0.1) is 0 Å². The van der Waals surface area contributed by atoms with Crippen LogP contribution in [0.2, 0.25) is 0 Å². The first kappa shape index (κ1) is 10.5. The van der Waals surface area contributed by atoms with E-state index in [1.807, 2.05) is 0 Å². The van der Waals surface area contributed by atoms with Crippen LogP contribution in [0.15, 0.2) is 22.0 Å². The second kappa shape index (κ2) is 4.21. The molecule has 14 heavy (non-hydrogen) atoms. The highest BCUT2D eigenvalue weighted by Gasteiger charge is 2.09. The van der Waals surface area contributed by atoms with E-state index in [9.17, 15) is 0 Å². The molecule has 0 bridgehead atoms. The van der Waals surface area contributed by atoms with E-state index in [-0.39, 0.29) is 0 Å². The largest absolute Gasteiger partial charge is 0.143 e. The Kier molecular flexibility index (Phi) is 3.15. The Morgan fingerprint density at radius 1 is 1.36 bits per heavy atom. The summed E-state index contributed by atoms with van der Waals surface area (Å²) in [6, 6.07) is 4.36. The molecule has 2 aromatic rings. The minimum Gasteiger partial charge on any atom is -0.143 e. The van der Waals surface area contributed by atoms with Gasteiger partial charge in [0, 0.05) is 20.4 Å². The second-order valence-corrected chi connectivity index (χ2v) is 5.13. The van der Waals surface area contributed by atoms with Crippen LogP contribution >= 0.6 is 38.9 Å². The van der Waals surface area contributed by atoms with Gasteiger partial charge in [-0.25, -0.2) is 0 Å². The molecule has 0 aliphatic rings. The fraction of sp³-hybridized carbons (Fsp3) is 0.273. The van der Waals surface area contributed by atoms with Crippen LogP contribution in [-0.4, -0.2) is 0 Å². The van der Waals surface area contributed by atoms with Crippen LogP contribution < -0.4 is 0 Å². The van der Waals surface area contributed by atoms with E-state index < -0.39 is 0 Å². The normalized spacial score (nSPS) is 11.1. The van der Waals surface area contributed by atoms with Crippen molar-refractivity contribution < 1.29 is 0 Å². The van der Waals surface area contributed by atoms with Crippen LogP contribution in [0.3, 0.4) is 0 Å². The van der Waals surface area contributed by atoms with Gasteiger partial charge in [-0.3, -0.25) is 0 Å². The highest BCUT2D eigenvalue weighted by atomic mass is 79.9. The first-order valence-corrected chi connectivity index (χ1v) is 6.72. The molecule has 0 radical (unpaired) electrons. The number of alkyl halides is 1. The third kappa shape index (κ3) is 1.60. The lowest BCUT2D eigenvalue weighted by Crippen LogP contribution is -1.84. The summed E-state index contributed by atoms with van der Waals surface area (Å²) < 4.78 is 2.53. The summed E-state index contributed by atoms with van der Waals surface area (Å²) in [7, 11) is 0. The molecule has 0 atom stereocenters. The second-order valence-electron chi connectivity index (χ2n) is 3.16. The van der Waals surface area contributed by atoms with Gasteiger partial charge in [-0.15, -0.1) is 22.9 Å². The topological polar surface area (TPSA) is 0 Å². The standard InChI is InChI=1S/C11H10BrClS/c1-2-7-3-4-9-10(11(7)12)8(5-13)6-14-9/h3-4,6H,2,5H2,1H3. The van der Waals surface area contributed by atoms with Crippen LogP contribution in [-0.2, 0) is 12.3 Å². The third-order valence-electron chi connectivity index (χ3n) is 2.36. The van der Waals surface area contributed by atoms with Gasteiger partial charge in [0.15, 0.2) is 0 Å². The van der Waals surface area contributed by atoms with Crippen LogP contribution in [0.4, 0.5) is 0 Å². The third-order valence-corrected chi connectivity index (χ3v) is 4.55. The first-order valence-electron chi connectivity index (χ1n) is 4.51. The van der Waals surface area contributed by atoms with Crippen molar-refractivity contribution >= 4 is 49.0 Å².